The largest absolute Gasteiger partial charge is 0.480 e. The smallest absolute Gasteiger partial charge is 0.326 e. The fourth-order valence-electron chi connectivity index (χ4n) is 4.54. The molecule has 206 valence electrons. The molecule has 3 N–H and O–H groups in total. The summed E-state index contributed by atoms with van der Waals surface area (Å²) >= 11 is 0. The second-order valence-corrected chi connectivity index (χ2v) is 11.7. The number of hydrogen-bond donors (Lipinski definition) is 3. The van der Waals surface area contributed by atoms with Crippen LogP contribution in [0.15, 0.2) is 59.5 Å². The first-order valence-electron chi connectivity index (χ1n) is 13.0. The zero-order chi connectivity index (χ0) is 27.9. The molecule has 3 atom stereocenters. The average molecular weight is 544 g/mol. The number of hydrogen-bond acceptors (Lipinski definition) is 5. The minimum atomic E-state index is -3.95. The molecule has 9 nitrogen and oxygen atoms in total. The van der Waals surface area contributed by atoms with E-state index in [-0.39, 0.29) is 42.1 Å². The summed E-state index contributed by atoms with van der Waals surface area (Å²) in [6.07, 6.45) is 1.53. The highest BCUT2D eigenvalue weighted by Gasteiger charge is 2.35. The third-order valence-electron chi connectivity index (χ3n) is 7.16. The number of carbonyl (C=O) groups is 3. The van der Waals surface area contributed by atoms with Crippen molar-refractivity contribution in [2.75, 3.05) is 13.1 Å². The normalized spacial score (nSPS) is 16.9. The van der Waals surface area contributed by atoms with Gasteiger partial charge in [-0.1, -0.05) is 68.3 Å². The van der Waals surface area contributed by atoms with Gasteiger partial charge in [0.15, 0.2) is 0 Å². The molecular weight excluding hydrogens is 506 g/mol. The number of benzene rings is 2. The summed E-state index contributed by atoms with van der Waals surface area (Å²) in [4.78, 5) is 39.6. The minimum absolute atomic E-state index is 0.0821. The van der Waals surface area contributed by atoms with Gasteiger partial charge in [-0.25, -0.2) is 13.2 Å². The van der Waals surface area contributed by atoms with Gasteiger partial charge in [0, 0.05) is 19.0 Å². The van der Waals surface area contributed by atoms with Crippen LogP contribution < -0.4 is 10.0 Å². The number of carboxylic acid groups (broad SMARTS) is 1. The fraction of sp³-hybridized carbons (Fsp3) is 0.464. The number of nitrogens with one attached hydrogen (secondary N) is 2. The number of aryl methyl sites for hydroxylation is 1. The Balaban J connectivity index is 1.70. The van der Waals surface area contributed by atoms with Gasteiger partial charge in [-0.2, -0.15) is 4.72 Å². The van der Waals surface area contributed by atoms with Gasteiger partial charge >= 0.3 is 5.97 Å². The van der Waals surface area contributed by atoms with Crippen LogP contribution in [0, 0.1) is 18.8 Å². The topological polar surface area (TPSA) is 133 Å². The van der Waals surface area contributed by atoms with Crippen molar-refractivity contribution in [2.45, 2.75) is 63.4 Å². The van der Waals surface area contributed by atoms with E-state index in [0.717, 1.165) is 11.1 Å². The molecule has 0 aliphatic carbocycles. The molecule has 1 fully saturated rings. The molecule has 2 aromatic carbocycles. The minimum Gasteiger partial charge on any atom is -0.480 e. The molecule has 0 radical (unpaired) electrons. The number of rotatable bonds is 11. The Morgan fingerprint density at radius 2 is 1.63 bits per heavy atom. The monoisotopic (exact) mass is 543 g/mol. The second kappa shape index (κ2) is 13.0. The lowest BCUT2D eigenvalue weighted by molar-refractivity contribution is -0.144. The Labute approximate surface area is 224 Å². The highest BCUT2D eigenvalue weighted by atomic mass is 32.2. The molecule has 38 heavy (non-hydrogen) atoms. The lowest BCUT2D eigenvalue weighted by atomic mass is 9.93. The molecule has 0 unspecified atom stereocenters. The number of nitrogens with zero attached hydrogens (tertiary/aromatic N) is 1. The molecule has 3 rings (SSSR count). The van der Waals surface area contributed by atoms with Crippen molar-refractivity contribution in [3.8, 4) is 0 Å². The first-order chi connectivity index (χ1) is 18.0. The molecule has 0 spiro atoms. The number of carbonyl (C=O) groups excluding carboxylic acids is 2. The quantitative estimate of drug-likeness (QED) is 0.399. The van der Waals surface area contributed by atoms with Crippen LogP contribution in [0.2, 0.25) is 0 Å². The number of likely N-dealkylation sites (tertiary alicyclic amines) is 1. The van der Waals surface area contributed by atoms with E-state index >= 15 is 0 Å². The molecule has 0 aromatic heterocycles. The van der Waals surface area contributed by atoms with Gasteiger partial charge in [0.1, 0.15) is 12.1 Å². The Kier molecular flexibility index (Phi) is 10.0. The van der Waals surface area contributed by atoms with Gasteiger partial charge in [0.2, 0.25) is 21.8 Å². The van der Waals surface area contributed by atoms with Crippen LogP contribution in [0.1, 0.15) is 44.2 Å². The number of amides is 2. The van der Waals surface area contributed by atoms with Crippen LogP contribution in [0.25, 0.3) is 0 Å². The lowest BCUT2D eigenvalue weighted by Crippen LogP contribution is -2.53. The van der Waals surface area contributed by atoms with Crippen LogP contribution in [0.3, 0.4) is 0 Å². The van der Waals surface area contributed by atoms with Crippen LogP contribution in [0.5, 0.6) is 0 Å². The highest BCUT2D eigenvalue weighted by molar-refractivity contribution is 7.89. The summed E-state index contributed by atoms with van der Waals surface area (Å²) in [6, 6.07) is 13.6. The molecule has 1 aliphatic heterocycles. The maximum Gasteiger partial charge on any atom is 0.326 e. The fourth-order valence-corrected chi connectivity index (χ4v) is 5.73. The van der Waals surface area contributed by atoms with Crippen molar-refractivity contribution >= 4 is 27.8 Å². The van der Waals surface area contributed by atoms with E-state index in [9.17, 15) is 27.9 Å². The predicted octanol–water partition coefficient (Wildman–Crippen LogP) is 2.74. The van der Waals surface area contributed by atoms with Gasteiger partial charge in [0.05, 0.1) is 4.90 Å². The van der Waals surface area contributed by atoms with Gasteiger partial charge in [-0.15, -0.1) is 0 Å². The van der Waals surface area contributed by atoms with E-state index in [4.69, 9.17) is 0 Å². The molecule has 0 bridgehead atoms. The summed E-state index contributed by atoms with van der Waals surface area (Å²) in [5.41, 5.74) is 1.74. The summed E-state index contributed by atoms with van der Waals surface area (Å²) in [7, 11) is -3.95. The molecule has 0 saturated carbocycles. The Hall–Kier alpha value is -3.24. The Bertz CT molecular complexity index is 1210. The average Bonchev–Trinajstić information content (AvgIpc) is 2.91. The first kappa shape index (κ1) is 29.3. The van der Waals surface area contributed by atoms with E-state index in [1.165, 1.54) is 12.1 Å². The third kappa shape index (κ3) is 7.64. The molecular formula is C28H37N3O6S. The SMILES string of the molecule is CC[C@H](C)[C@H](NC(=O)C1CCN(C(=O)[C@H](Cc2ccccc2)NS(=O)(=O)c2ccc(C)cc2)CC1)C(=O)O. The van der Waals surface area contributed by atoms with Gasteiger partial charge in [0.25, 0.3) is 0 Å². The van der Waals surface area contributed by atoms with Crippen molar-refractivity contribution < 1.29 is 27.9 Å². The summed E-state index contributed by atoms with van der Waals surface area (Å²) in [5.74, 6) is -2.37. The van der Waals surface area contributed by atoms with E-state index in [1.807, 2.05) is 44.2 Å². The van der Waals surface area contributed by atoms with Crippen LogP contribution in [-0.2, 0) is 30.8 Å². The number of aliphatic carboxylic acids is 1. The predicted molar refractivity (Wildman–Crippen MR) is 144 cm³/mol. The maximum atomic E-state index is 13.6. The van der Waals surface area contributed by atoms with Gasteiger partial charge < -0.3 is 15.3 Å². The lowest BCUT2D eigenvalue weighted by Gasteiger charge is -2.34. The summed E-state index contributed by atoms with van der Waals surface area (Å²) in [5, 5.41) is 12.1. The van der Waals surface area contributed by atoms with E-state index in [2.05, 4.69) is 10.0 Å². The zero-order valence-electron chi connectivity index (χ0n) is 22.1. The molecule has 2 aromatic rings. The number of piperidine rings is 1. The Morgan fingerprint density at radius 1 is 1.03 bits per heavy atom. The van der Waals surface area contributed by atoms with Crippen molar-refractivity contribution in [2.24, 2.45) is 11.8 Å². The van der Waals surface area contributed by atoms with Crippen LogP contribution >= 0.6 is 0 Å². The number of sulfonamides is 1. The van der Waals surface area contributed by atoms with Crippen LogP contribution in [-0.4, -0.2) is 61.4 Å². The first-order valence-corrected chi connectivity index (χ1v) is 14.4. The zero-order valence-corrected chi connectivity index (χ0v) is 22.9. The summed E-state index contributed by atoms with van der Waals surface area (Å²) in [6.45, 7) is 6.06. The van der Waals surface area contributed by atoms with Crippen molar-refractivity contribution in [1.29, 1.82) is 0 Å². The standard InChI is InChI=1S/C28H37N3O6S/c1-4-20(3)25(28(34)35)29-26(32)22-14-16-31(17-15-22)27(33)24(18-21-8-6-5-7-9-21)30-38(36,37)23-12-10-19(2)11-13-23/h5-13,20,22,24-25,30H,4,14-18H2,1-3H3,(H,29,32)(H,34,35)/t20-,24-,25-/m0/s1. The van der Waals surface area contributed by atoms with Crippen molar-refractivity contribution in [3.63, 3.8) is 0 Å². The molecule has 10 heteroatoms. The van der Waals surface area contributed by atoms with Gasteiger partial charge in [-0.05, 0) is 49.8 Å². The highest BCUT2D eigenvalue weighted by Crippen LogP contribution is 2.21. The van der Waals surface area contributed by atoms with E-state index in [0.29, 0.717) is 19.3 Å². The van der Waals surface area contributed by atoms with Crippen molar-refractivity contribution in [1.82, 2.24) is 14.9 Å². The molecule has 1 aliphatic rings. The van der Waals surface area contributed by atoms with E-state index in [1.54, 1.807) is 24.0 Å². The number of carboxylic acids is 1. The second-order valence-electron chi connectivity index (χ2n) is 9.99. The van der Waals surface area contributed by atoms with Crippen molar-refractivity contribution in [3.05, 3.63) is 65.7 Å². The Morgan fingerprint density at radius 3 is 2.18 bits per heavy atom. The van der Waals surface area contributed by atoms with E-state index < -0.39 is 34.0 Å². The molecule has 2 amide bonds. The van der Waals surface area contributed by atoms with Gasteiger partial charge in [-0.3, -0.25) is 9.59 Å². The summed E-state index contributed by atoms with van der Waals surface area (Å²) < 4.78 is 28.9. The maximum absolute atomic E-state index is 13.6. The third-order valence-corrected chi connectivity index (χ3v) is 8.65. The molecule has 1 heterocycles. The molecule has 1 saturated heterocycles. The van der Waals surface area contributed by atoms with Crippen LogP contribution in [0.4, 0.5) is 0 Å².